The highest BCUT2D eigenvalue weighted by Gasteiger charge is 2.13. The second-order valence-corrected chi connectivity index (χ2v) is 6.39. The van der Waals surface area contributed by atoms with Crippen LogP contribution in [0.1, 0.15) is 22.7 Å². The molecule has 96 valence electrons. The number of amides is 1. The highest BCUT2D eigenvalue weighted by atomic mass is 32.2. The number of nitrogens with two attached hydrogens (primary N) is 1. The van der Waals surface area contributed by atoms with E-state index in [4.69, 9.17) is 5.73 Å². The average molecular weight is 281 g/mol. The number of aryl methyl sites for hydroxylation is 3. The topological polar surface area (TPSA) is 68.9 Å². The number of thiophene rings is 1. The summed E-state index contributed by atoms with van der Waals surface area (Å²) in [5.74, 6) is 1.16. The van der Waals surface area contributed by atoms with Gasteiger partial charge in [0.2, 0.25) is 5.91 Å². The van der Waals surface area contributed by atoms with E-state index in [9.17, 15) is 4.79 Å². The van der Waals surface area contributed by atoms with Crippen molar-refractivity contribution in [2.45, 2.75) is 32.2 Å². The lowest BCUT2D eigenvalue weighted by molar-refractivity contribution is -0.117. The molecular weight excluding hydrogens is 266 g/mol. The molecule has 1 amide bonds. The molecule has 6 heteroatoms. The van der Waals surface area contributed by atoms with Crippen molar-refractivity contribution < 1.29 is 4.79 Å². The van der Waals surface area contributed by atoms with Crippen LogP contribution < -0.4 is 5.73 Å². The maximum absolute atomic E-state index is 10.8. The predicted octanol–water partition coefficient (Wildman–Crippen LogP) is 2.58. The molecule has 0 aliphatic rings. The number of hydrogen-bond donors (Lipinski definition) is 1. The van der Waals surface area contributed by atoms with Crippen molar-refractivity contribution in [3.8, 4) is 0 Å². The number of thioether (sulfide) groups is 1. The van der Waals surface area contributed by atoms with Crippen LogP contribution in [0, 0.1) is 20.8 Å². The number of nitrogens with zero attached hydrogens (tertiary/aromatic N) is 2. The molecule has 0 spiro atoms. The molecule has 2 aromatic rings. The summed E-state index contributed by atoms with van der Waals surface area (Å²) < 4.78 is 0. The highest BCUT2D eigenvalue weighted by molar-refractivity contribution is 7.99. The third-order valence-electron chi connectivity index (χ3n) is 2.69. The Bertz CT molecular complexity index is 607. The molecule has 18 heavy (non-hydrogen) atoms. The molecule has 0 radical (unpaired) electrons. The summed E-state index contributed by atoms with van der Waals surface area (Å²) in [6, 6.07) is 0. The Hall–Kier alpha value is -1.14. The number of carbonyl (C=O) groups excluding carboxylic acids is 1. The van der Waals surface area contributed by atoms with Gasteiger partial charge in [-0.15, -0.1) is 23.1 Å². The zero-order chi connectivity index (χ0) is 13.3. The van der Waals surface area contributed by atoms with Gasteiger partial charge < -0.3 is 5.73 Å². The number of primary amides is 1. The van der Waals surface area contributed by atoms with E-state index < -0.39 is 0 Å². The normalized spacial score (nSPS) is 11.1. The number of aromatic nitrogens is 2. The molecule has 0 fully saturated rings. The Morgan fingerprint density at radius 2 is 2.06 bits per heavy atom. The zero-order valence-electron chi connectivity index (χ0n) is 10.6. The monoisotopic (exact) mass is 281 g/mol. The highest BCUT2D eigenvalue weighted by Crippen LogP contribution is 2.35. The van der Waals surface area contributed by atoms with E-state index >= 15 is 0 Å². The Balaban J connectivity index is 2.38. The Labute approximate surface area is 114 Å². The SMILES string of the molecule is Cc1nc(SCCC(N)=O)c2c(C)c(C)sc2n1. The molecule has 4 nitrogen and oxygen atoms in total. The van der Waals surface area contributed by atoms with E-state index in [0.717, 1.165) is 21.1 Å². The molecule has 0 aliphatic heterocycles. The number of rotatable bonds is 4. The molecule has 0 saturated heterocycles. The number of hydrogen-bond acceptors (Lipinski definition) is 5. The van der Waals surface area contributed by atoms with Crippen LogP contribution in [0.15, 0.2) is 5.03 Å². The summed E-state index contributed by atoms with van der Waals surface area (Å²) >= 11 is 3.27. The third kappa shape index (κ3) is 2.64. The first-order valence-electron chi connectivity index (χ1n) is 5.64. The lowest BCUT2D eigenvalue weighted by Gasteiger charge is -2.04. The van der Waals surface area contributed by atoms with Gasteiger partial charge >= 0.3 is 0 Å². The van der Waals surface area contributed by atoms with Crippen LogP contribution in [0.3, 0.4) is 0 Å². The number of fused-ring (bicyclic) bond motifs is 1. The average Bonchev–Trinajstić information content (AvgIpc) is 2.53. The molecule has 2 aromatic heterocycles. The van der Waals surface area contributed by atoms with Crippen molar-refractivity contribution >= 4 is 39.2 Å². The van der Waals surface area contributed by atoms with E-state index in [-0.39, 0.29) is 5.91 Å². The minimum atomic E-state index is -0.275. The fourth-order valence-electron chi connectivity index (χ4n) is 1.67. The van der Waals surface area contributed by atoms with Gasteiger partial charge in [-0.05, 0) is 26.3 Å². The van der Waals surface area contributed by atoms with Gasteiger partial charge in [0.25, 0.3) is 0 Å². The van der Waals surface area contributed by atoms with Gasteiger partial charge in [0, 0.05) is 22.4 Å². The maximum Gasteiger partial charge on any atom is 0.218 e. The summed E-state index contributed by atoms with van der Waals surface area (Å²) in [5.41, 5.74) is 6.38. The van der Waals surface area contributed by atoms with Crippen LogP contribution in [0.4, 0.5) is 0 Å². The molecule has 2 N–H and O–H groups in total. The van der Waals surface area contributed by atoms with Gasteiger partial charge in [0.15, 0.2) is 0 Å². The van der Waals surface area contributed by atoms with Crippen LogP contribution in [0.25, 0.3) is 10.2 Å². The second-order valence-electron chi connectivity index (χ2n) is 4.10. The lowest BCUT2D eigenvalue weighted by atomic mass is 10.2. The van der Waals surface area contributed by atoms with Crippen LogP contribution in [0.2, 0.25) is 0 Å². The van der Waals surface area contributed by atoms with Crippen LogP contribution in [-0.4, -0.2) is 21.6 Å². The lowest BCUT2D eigenvalue weighted by Crippen LogP contribution is -2.11. The van der Waals surface area contributed by atoms with Crippen molar-refractivity contribution in [2.24, 2.45) is 5.73 Å². The largest absolute Gasteiger partial charge is 0.370 e. The Morgan fingerprint density at radius 3 is 2.72 bits per heavy atom. The van der Waals surface area contributed by atoms with E-state index in [1.54, 1.807) is 23.1 Å². The molecule has 0 bridgehead atoms. The molecule has 0 atom stereocenters. The van der Waals surface area contributed by atoms with Gasteiger partial charge in [0.05, 0.1) is 0 Å². The summed E-state index contributed by atoms with van der Waals surface area (Å²) in [6.45, 7) is 6.07. The van der Waals surface area contributed by atoms with Crippen LogP contribution >= 0.6 is 23.1 Å². The molecular formula is C12H15N3OS2. The first-order valence-corrected chi connectivity index (χ1v) is 7.44. The summed E-state index contributed by atoms with van der Waals surface area (Å²) in [4.78, 5) is 22.0. The third-order valence-corrected chi connectivity index (χ3v) is 4.77. The first kappa shape index (κ1) is 13.3. The van der Waals surface area contributed by atoms with Gasteiger partial charge in [-0.1, -0.05) is 0 Å². The maximum atomic E-state index is 10.8. The minimum Gasteiger partial charge on any atom is -0.370 e. The van der Waals surface area contributed by atoms with E-state index in [1.807, 2.05) is 6.92 Å². The Kier molecular flexibility index (Phi) is 3.87. The summed E-state index contributed by atoms with van der Waals surface area (Å²) in [7, 11) is 0. The summed E-state index contributed by atoms with van der Waals surface area (Å²) in [5, 5.41) is 2.08. The number of carbonyl (C=O) groups is 1. The predicted molar refractivity (Wildman–Crippen MR) is 76.2 cm³/mol. The van der Waals surface area contributed by atoms with Crippen molar-refractivity contribution in [1.82, 2.24) is 9.97 Å². The smallest absolute Gasteiger partial charge is 0.218 e. The summed E-state index contributed by atoms with van der Waals surface area (Å²) in [6.07, 6.45) is 0.372. The second kappa shape index (κ2) is 5.24. The van der Waals surface area contributed by atoms with Crippen LogP contribution in [-0.2, 0) is 4.79 Å². The standard InChI is InChI=1S/C12H15N3OS2/c1-6-7(2)18-12-10(6)11(14-8(3)15-12)17-5-4-9(13)16/h4-5H2,1-3H3,(H2,13,16). The van der Waals surface area contributed by atoms with Crippen molar-refractivity contribution in [2.75, 3.05) is 5.75 Å². The van der Waals surface area contributed by atoms with E-state index in [1.165, 1.54) is 10.4 Å². The minimum absolute atomic E-state index is 0.275. The van der Waals surface area contributed by atoms with Gasteiger partial charge in [-0.25, -0.2) is 9.97 Å². The first-order chi connectivity index (χ1) is 8.49. The molecule has 2 heterocycles. The Morgan fingerprint density at radius 1 is 1.33 bits per heavy atom. The van der Waals surface area contributed by atoms with Crippen molar-refractivity contribution in [1.29, 1.82) is 0 Å². The molecule has 0 saturated carbocycles. The van der Waals surface area contributed by atoms with Gasteiger partial charge in [-0.2, -0.15) is 0 Å². The molecule has 0 aliphatic carbocycles. The van der Waals surface area contributed by atoms with Crippen molar-refractivity contribution in [3.05, 3.63) is 16.3 Å². The van der Waals surface area contributed by atoms with Gasteiger partial charge in [-0.3, -0.25) is 4.79 Å². The van der Waals surface area contributed by atoms with Gasteiger partial charge in [0.1, 0.15) is 15.7 Å². The molecule has 0 unspecified atom stereocenters. The molecule has 2 rings (SSSR count). The van der Waals surface area contributed by atoms with E-state index in [0.29, 0.717) is 12.2 Å². The quantitative estimate of drug-likeness (QED) is 0.691. The van der Waals surface area contributed by atoms with E-state index in [2.05, 4.69) is 23.8 Å². The van der Waals surface area contributed by atoms with Crippen molar-refractivity contribution in [3.63, 3.8) is 0 Å². The van der Waals surface area contributed by atoms with Crippen LogP contribution in [0.5, 0.6) is 0 Å². The fraction of sp³-hybridized carbons (Fsp3) is 0.417. The molecule has 0 aromatic carbocycles. The zero-order valence-corrected chi connectivity index (χ0v) is 12.2. The fourth-order valence-corrected chi connectivity index (χ4v) is 3.89.